The third-order valence-corrected chi connectivity index (χ3v) is 3.31. The van der Waals surface area contributed by atoms with Gasteiger partial charge in [0.25, 0.3) is 0 Å². The lowest BCUT2D eigenvalue weighted by atomic mass is 10.1. The van der Waals surface area contributed by atoms with E-state index in [0.29, 0.717) is 0 Å². The third-order valence-electron chi connectivity index (χ3n) is 3.31. The molecule has 1 atom stereocenters. The zero-order valence-electron chi connectivity index (χ0n) is 12.3. The summed E-state index contributed by atoms with van der Waals surface area (Å²) in [6.07, 6.45) is 3.29. The first-order valence-corrected chi connectivity index (χ1v) is 6.96. The second-order valence-electron chi connectivity index (χ2n) is 4.87. The van der Waals surface area contributed by atoms with Crippen LogP contribution in [0.15, 0.2) is 0 Å². The first kappa shape index (κ1) is 15.2. The van der Waals surface area contributed by atoms with Gasteiger partial charge in [0.1, 0.15) is 6.04 Å². The molecule has 2 heterocycles. The Morgan fingerprint density at radius 2 is 1.90 bits per heavy atom. The van der Waals surface area contributed by atoms with Crippen molar-refractivity contribution in [3.05, 3.63) is 0 Å². The van der Waals surface area contributed by atoms with E-state index in [1.54, 1.807) is 6.92 Å². The molecule has 9 nitrogen and oxygen atoms in total. The number of likely N-dealkylation sites (tertiary alicyclic amines) is 1. The smallest absolute Gasteiger partial charge is 0.322 e. The molecule has 1 saturated heterocycles. The number of ether oxygens (including phenoxy) is 1. The molecule has 1 aliphatic rings. The zero-order valence-corrected chi connectivity index (χ0v) is 12.3. The number of amides is 1. The van der Waals surface area contributed by atoms with Crippen molar-refractivity contribution >= 4 is 17.8 Å². The predicted octanol–water partition coefficient (Wildman–Crippen LogP) is -0.0213. The Labute approximate surface area is 123 Å². The van der Waals surface area contributed by atoms with Gasteiger partial charge in [0.2, 0.25) is 17.8 Å². The van der Waals surface area contributed by atoms with Crippen molar-refractivity contribution in [1.29, 1.82) is 0 Å². The Hall–Kier alpha value is -2.16. The number of carbonyl (C=O) groups is 1. The number of hydrogen-bond acceptors (Lipinski definition) is 8. The Kier molecular flexibility index (Phi) is 5.09. The highest BCUT2D eigenvalue weighted by Crippen LogP contribution is 2.13. The van der Waals surface area contributed by atoms with E-state index in [0.717, 1.165) is 25.9 Å². The predicted molar refractivity (Wildman–Crippen MR) is 77.7 cm³/mol. The van der Waals surface area contributed by atoms with Crippen LogP contribution in [0.4, 0.5) is 11.9 Å². The van der Waals surface area contributed by atoms with Gasteiger partial charge in [-0.25, -0.2) is 5.84 Å². The summed E-state index contributed by atoms with van der Waals surface area (Å²) in [7, 11) is 1.45. The second-order valence-corrected chi connectivity index (χ2v) is 4.87. The normalized spacial score (nSPS) is 16.2. The molecule has 1 aliphatic heterocycles. The number of hydrazine groups is 1. The molecule has 1 fully saturated rings. The van der Waals surface area contributed by atoms with Crippen molar-refractivity contribution in [1.82, 2.24) is 19.9 Å². The molecule has 9 heteroatoms. The van der Waals surface area contributed by atoms with Crippen molar-refractivity contribution in [2.75, 3.05) is 30.9 Å². The molecule has 1 aromatic heterocycles. The monoisotopic (exact) mass is 295 g/mol. The van der Waals surface area contributed by atoms with Crippen LogP contribution in [0.2, 0.25) is 0 Å². The molecule has 4 N–H and O–H groups in total. The van der Waals surface area contributed by atoms with E-state index in [9.17, 15) is 4.79 Å². The number of rotatable bonds is 5. The van der Waals surface area contributed by atoms with Crippen LogP contribution in [0.5, 0.6) is 6.01 Å². The molecule has 0 aliphatic carbocycles. The van der Waals surface area contributed by atoms with E-state index in [4.69, 9.17) is 10.6 Å². The summed E-state index contributed by atoms with van der Waals surface area (Å²) in [5.74, 6) is 5.74. The SMILES string of the molecule is COc1nc(NN)nc(NC(C)C(=O)N2CCCCC2)n1. The van der Waals surface area contributed by atoms with Gasteiger partial charge in [-0.2, -0.15) is 15.0 Å². The molecule has 0 aromatic carbocycles. The number of carbonyl (C=O) groups excluding carboxylic acids is 1. The summed E-state index contributed by atoms with van der Waals surface area (Å²) < 4.78 is 4.96. The lowest BCUT2D eigenvalue weighted by Gasteiger charge is -2.29. The first-order valence-electron chi connectivity index (χ1n) is 6.96. The number of aromatic nitrogens is 3. The van der Waals surface area contributed by atoms with Crippen molar-refractivity contribution in [3.63, 3.8) is 0 Å². The number of nitrogens with one attached hydrogen (secondary N) is 2. The molecule has 0 spiro atoms. The van der Waals surface area contributed by atoms with Crippen LogP contribution in [-0.4, -0.2) is 52.0 Å². The summed E-state index contributed by atoms with van der Waals surface area (Å²) >= 11 is 0. The van der Waals surface area contributed by atoms with E-state index in [-0.39, 0.29) is 23.8 Å². The lowest BCUT2D eigenvalue weighted by Crippen LogP contribution is -2.44. The van der Waals surface area contributed by atoms with Crippen LogP contribution in [0.25, 0.3) is 0 Å². The number of methoxy groups -OCH3 is 1. The Morgan fingerprint density at radius 1 is 1.24 bits per heavy atom. The minimum atomic E-state index is -0.430. The molecule has 0 radical (unpaired) electrons. The number of nitrogens with zero attached hydrogens (tertiary/aromatic N) is 4. The highest BCUT2D eigenvalue weighted by atomic mass is 16.5. The van der Waals surface area contributed by atoms with Crippen molar-refractivity contribution in [3.8, 4) is 6.01 Å². The van der Waals surface area contributed by atoms with Gasteiger partial charge in [-0.15, -0.1) is 0 Å². The molecular formula is C12H21N7O2. The topological polar surface area (TPSA) is 118 Å². The van der Waals surface area contributed by atoms with Gasteiger partial charge in [-0.05, 0) is 26.2 Å². The fraction of sp³-hybridized carbons (Fsp3) is 0.667. The highest BCUT2D eigenvalue weighted by molar-refractivity contribution is 5.83. The average Bonchev–Trinajstić information content (AvgIpc) is 2.54. The van der Waals surface area contributed by atoms with Crippen LogP contribution in [-0.2, 0) is 4.79 Å². The maximum Gasteiger partial charge on any atom is 0.322 e. The minimum Gasteiger partial charge on any atom is -0.467 e. The van der Waals surface area contributed by atoms with Gasteiger partial charge >= 0.3 is 6.01 Å². The molecule has 2 rings (SSSR count). The molecule has 0 saturated carbocycles. The quantitative estimate of drug-likeness (QED) is 0.512. The summed E-state index contributed by atoms with van der Waals surface area (Å²) in [5.41, 5.74) is 2.33. The molecule has 0 bridgehead atoms. The van der Waals surface area contributed by atoms with E-state index >= 15 is 0 Å². The number of nitrogen functional groups attached to an aromatic ring is 1. The fourth-order valence-corrected chi connectivity index (χ4v) is 2.22. The number of nitrogens with two attached hydrogens (primary N) is 1. The Balaban J connectivity index is 2.04. The van der Waals surface area contributed by atoms with Crippen LogP contribution in [0.3, 0.4) is 0 Å². The van der Waals surface area contributed by atoms with Gasteiger partial charge in [0.05, 0.1) is 7.11 Å². The lowest BCUT2D eigenvalue weighted by molar-refractivity contribution is -0.132. The summed E-state index contributed by atoms with van der Waals surface area (Å²) in [6, 6.07) is -0.307. The van der Waals surface area contributed by atoms with E-state index in [2.05, 4.69) is 25.7 Å². The number of anilines is 2. The van der Waals surface area contributed by atoms with E-state index in [1.165, 1.54) is 13.5 Å². The van der Waals surface area contributed by atoms with Crippen molar-refractivity contribution < 1.29 is 9.53 Å². The van der Waals surface area contributed by atoms with Crippen LogP contribution in [0, 0.1) is 0 Å². The van der Waals surface area contributed by atoms with Crippen LogP contribution < -0.4 is 21.3 Å². The zero-order chi connectivity index (χ0) is 15.2. The largest absolute Gasteiger partial charge is 0.467 e. The summed E-state index contributed by atoms with van der Waals surface area (Å²) in [5, 5.41) is 2.96. The Bertz CT molecular complexity index is 468. The molecule has 1 amide bonds. The van der Waals surface area contributed by atoms with Gasteiger partial charge in [-0.1, -0.05) is 0 Å². The van der Waals surface area contributed by atoms with E-state index in [1.807, 2.05) is 4.90 Å². The number of piperidine rings is 1. The molecule has 1 unspecified atom stereocenters. The molecular weight excluding hydrogens is 274 g/mol. The van der Waals surface area contributed by atoms with Crippen LogP contribution in [0.1, 0.15) is 26.2 Å². The average molecular weight is 295 g/mol. The van der Waals surface area contributed by atoms with Gasteiger partial charge in [0, 0.05) is 13.1 Å². The third kappa shape index (κ3) is 3.91. The van der Waals surface area contributed by atoms with Crippen molar-refractivity contribution in [2.45, 2.75) is 32.2 Å². The highest BCUT2D eigenvalue weighted by Gasteiger charge is 2.23. The standard InChI is InChI=1S/C12H21N7O2/c1-8(9(20)19-6-4-3-5-7-19)14-10-15-11(18-13)17-12(16-10)21-2/h8H,3-7,13H2,1-2H3,(H2,14,15,16,17,18). The molecule has 116 valence electrons. The number of hydrogen-bond donors (Lipinski definition) is 3. The van der Waals surface area contributed by atoms with Crippen LogP contribution >= 0.6 is 0 Å². The fourth-order valence-electron chi connectivity index (χ4n) is 2.22. The van der Waals surface area contributed by atoms with E-state index < -0.39 is 6.04 Å². The molecule has 1 aromatic rings. The molecule has 21 heavy (non-hydrogen) atoms. The maximum absolute atomic E-state index is 12.3. The van der Waals surface area contributed by atoms with Gasteiger partial charge in [0.15, 0.2) is 0 Å². The van der Waals surface area contributed by atoms with Crippen molar-refractivity contribution in [2.24, 2.45) is 5.84 Å². The summed E-state index contributed by atoms with van der Waals surface area (Å²) in [6.45, 7) is 3.39. The first-order chi connectivity index (χ1) is 10.1. The summed E-state index contributed by atoms with van der Waals surface area (Å²) in [4.78, 5) is 26.2. The maximum atomic E-state index is 12.3. The Morgan fingerprint density at radius 3 is 2.52 bits per heavy atom. The van der Waals surface area contributed by atoms with Gasteiger partial charge < -0.3 is 15.0 Å². The second kappa shape index (κ2) is 7.02. The minimum absolute atomic E-state index is 0.0383. The van der Waals surface area contributed by atoms with Gasteiger partial charge in [-0.3, -0.25) is 10.2 Å².